The maximum absolute atomic E-state index is 12.5. The third kappa shape index (κ3) is 5.02. The largest absolute Gasteiger partial charge is 0.396 e. The summed E-state index contributed by atoms with van der Waals surface area (Å²) in [5.74, 6) is -0.539. The quantitative estimate of drug-likeness (QED) is 0.679. The number of aliphatic hydroxyl groups is 1. The van der Waals surface area contributed by atoms with Gasteiger partial charge in [0.1, 0.15) is 0 Å². The van der Waals surface area contributed by atoms with Crippen LogP contribution in [0.25, 0.3) is 0 Å². The van der Waals surface area contributed by atoms with Crippen LogP contribution in [-0.2, 0) is 4.79 Å². The molecule has 25 heavy (non-hydrogen) atoms. The van der Waals surface area contributed by atoms with Crippen LogP contribution in [0, 0.1) is 6.92 Å². The van der Waals surface area contributed by atoms with Gasteiger partial charge in [0.2, 0.25) is 5.91 Å². The summed E-state index contributed by atoms with van der Waals surface area (Å²) in [6, 6.07) is 14.1. The van der Waals surface area contributed by atoms with Gasteiger partial charge < -0.3 is 15.7 Å². The Kier molecular flexibility index (Phi) is 6.48. The van der Waals surface area contributed by atoms with Gasteiger partial charge in [-0.2, -0.15) is 0 Å². The van der Waals surface area contributed by atoms with Crippen molar-refractivity contribution >= 4 is 17.5 Å². The lowest BCUT2D eigenvalue weighted by Crippen LogP contribution is -2.29. The number of nitrogens with one attached hydrogen (secondary N) is 2. The van der Waals surface area contributed by atoms with Crippen molar-refractivity contribution in [3.63, 3.8) is 0 Å². The molecule has 2 aromatic rings. The Morgan fingerprint density at radius 1 is 1.16 bits per heavy atom. The number of carbonyl (C=O) groups is 2. The fourth-order valence-corrected chi connectivity index (χ4v) is 2.55. The van der Waals surface area contributed by atoms with Gasteiger partial charge in [-0.05, 0) is 54.8 Å². The molecule has 5 nitrogen and oxygen atoms in total. The van der Waals surface area contributed by atoms with Crippen molar-refractivity contribution in [3.05, 3.63) is 77.9 Å². The monoisotopic (exact) mass is 338 g/mol. The van der Waals surface area contributed by atoms with Crippen LogP contribution in [0.2, 0.25) is 0 Å². The minimum absolute atomic E-state index is 0.0220. The van der Waals surface area contributed by atoms with E-state index >= 15 is 0 Å². The number of hydrogen-bond acceptors (Lipinski definition) is 3. The lowest BCUT2D eigenvalue weighted by Gasteiger charge is -2.20. The molecule has 0 fully saturated rings. The third-order valence-electron chi connectivity index (χ3n) is 3.89. The van der Waals surface area contributed by atoms with Crippen molar-refractivity contribution in [2.24, 2.45) is 0 Å². The number of hydrogen-bond donors (Lipinski definition) is 3. The van der Waals surface area contributed by atoms with Crippen LogP contribution < -0.4 is 10.6 Å². The van der Waals surface area contributed by atoms with Crippen molar-refractivity contribution in [1.29, 1.82) is 0 Å². The Bertz CT molecular complexity index is 754. The number of rotatable bonds is 7. The topological polar surface area (TPSA) is 78.4 Å². The highest BCUT2D eigenvalue weighted by atomic mass is 16.3. The number of amides is 2. The highest BCUT2D eigenvalue weighted by molar-refractivity contribution is 5.99. The van der Waals surface area contributed by atoms with E-state index in [9.17, 15) is 14.7 Å². The molecule has 5 heteroatoms. The van der Waals surface area contributed by atoms with Gasteiger partial charge in [0.15, 0.2) is 0 Å². The molecule has 0 bridgehead atoms. The smallest absolute Gasteiger partial charge is 0.251 e. The van der Waals surface area contributed by atoms with Gasteiger partial charge in [-0.25, -0.2) is 0 Å². The molecule has 0 heterocycles. The lowest BCUT2D eigenvalue weighted by atomic mass is 9.98. The number of benzene rings is 2. The van der Waals surface area contributed by atoms with E-state index in [2.05, 4.69) is 17.2 Å². The zero-order valence-electron chi connectivity index (χ0n) is 14.2. The molecule has 0 radical (unpaired) electrons. The van der Waals surface area contributed by atoms with Crippen LogP contribution >= 0.6 is 0 Å². The van der Waals surface area contributed by atoms with E-state index in [4.69, 9.17) is 0 Å². The molecule has 2 amide bonds. The van der Waals surface area contributed by atoms with E-state index in [1.54, 1.807) is 24.3 Å². The minimum Gasteiger partial charge on any atom is -0.396 e. The predicted molar refractivity (Wildman–Crippen MR) is 98.4 cm³/mol. The van der Waals surface area contributed by atoms with Crippen molar-refractivity contribution in [2.75, 3.05) is 11.9 Å². The van der Waals surface area contributed by atoms with Crippen LogP contribution in [0.4, 0.5) is 5.69 Å². The van der Waals surface area contributed by atoms with Crippen LogP contribution in [0.15, 0.2) is 61.2 Å². The third-order valence-corrected chi connectivity index (χ3v) is 3.89. The first-order chi connectivity index (χ1) is 12.0. The molecule has 1 atom stereocenters. The molecule has 0 aliphatic rings. The van der Waals surface area contributed by atoms with Crippen LogP contribution in [-0.4, -0.2) is 23.5 Å². The summed E-state index contributed by atoms with van der Waals surface area (Å²) in [6.45, 7) is 5.35. The van der Waals surface area contributed by atoms with Gasteiger partial charge in [-0.3, -0.25) is 9.59 Å². The van der Waals surface area contributed by atoms with E-state index < -0.39 is 0 Å². The summed E-state index contributed by atoms with van der Waals surface area (Å²) >= 11 is 0. The standard InChI is InChI=1S/C20H22N2O3/c1-3-19(24)21-16-10-8-15(9-11-16)20(25)22-18(12-13-23)17-7-5-4-6-14(17)2/h3-11,18,23H,1,12-13H2,2H3,(H,21,24)(H,22,25). The Hall–Kier alpha value is -2.92. The van der Waals surface area contributed by atoms with E-state index in [1.807, 2.05) is 31.2 Å². The van der Waals surface area contributed by atoms with Gasteiger partial charge in [0, 0.05) is 17.9 Å². The molecular weight excluding hydrogens is 316 g/mol. The SMILES string of the molecule is C=CC(=O)Nc1ccc(C(=O)NC(CCO)c2ccccc2C)cc1. The minimum atomic E-state index is -0.306. The normalized spacial score (nSPS) is 11.4. The fraction of sp³-hybridized carbons (Fsp3) is 0.200. The van der Waals surface area contributed by atoms with E-state index in [0.717, 1.165) is 11.1 Å². The van der Waals surface area contributed by atoms with Gasteiger partial charge in [-0.1, -0.05) is 30.8 Å². The van der Waals surface area contributed by atoms with Gasteiger partial charge in [0.25, 0.3) is 5.91 Å². The second-order valence-corrected chi connectivity index (χ2v) is 5.67. The second-order valence-electron chi connectivity index (χ2n) is 5.67. The molecule has 1 unspecified atom stereocenters. The molecule has 0 saturated carbocycles. The van der Waals surface area contributed by atoms with E-state index in [0.29, 0.717) is 17.7 Å². The molecule has 0 spiro atoms. The first kappa shape index (κ1) is 18.4. The molecule has 0 aliphatic carbocycles. The van der Waals surface area contributed by atoms with E-state index in [1.165, 1.54) is 6.08 Å². The average Bonchev–Trinajstić information content (AvgIpc) is 2.62. The Balaban J connectivity index is 2.12. The lowest BCUT2D eigenvalue weighted by molar-refractivity contribution is -0.111. The number of aliphatic hydroxyl groups excluding tert-OH is 1. The first-order valence-corrected chi connectivity index (χ1v) is 8.06. The summed E-state index contributed by atoms with van der Waals surface area (Å²) in [6.07, 6.45) is 1.62. The maximum Gasteiger partial charge on any atom is 0.251 e. The molecule has 2 aromatic carbocycles. The number of anilines is 1. The average molecular weight is 338 g/mol. The molecule has 0 saturated heterocycles. The Morgan fingerprint density at radius 3 is 2.44 bits per heavy atom. The summed E-state index contributed by atoms with van der Waals surface area (Å²) in [7, 11) is 0. The summed E-state index contributed by atoms with van der Waals surface area (Å²) in [4.78, 5) is 23.8. The number of carbonyl (C=O) groups excluding carboxylic acids is 2. The molecule has 0 aliphatic heterocycles. The molecule has 130 valence electrons. The Morgan fingerprint density at radius 2 is 1.84 bits per heavy atom. The maximum atomic E-state index is 12.5. The van der Waals surface area contributed by atoms with E-state index in [-0.39, 0.29) is 24.5 Å². The summed E-state index contributed by atoms with van der Waals surface area (Å²) < 4.78 is 0. The highest BCUT2D eigenvalue weighted by Gasteiger charge is 2.17. The molecule has 2 rings (SSSR count). The Labute approximate surface area is 147 Å². The number of aryl methyl sites for hydroxylation is 1. The highest BCUT2D eigenvalue weighted by Crippen LogP contribution is 2.21. The van der Waals surface area contributed by atoms with Crippen molar-refractivity contribution < 1.29 is 14.7 Å². The van der Waals surface area contributed by atoms with Crippen LogP contribution in [0.3, 0.4) is 0 Å². The zero-order chi connectivity index (χ0) is 18.2. The van der Waals surface area contributed by atoms with Crippen LogP contribution in [0.5, 0.6) is 0 Å². The summed E-state index contributed by atoms with van der Waals surface area (Å²) in [5, 5.41) is 14.9. The first-order valence-electron chi connectivity index (χ1n) is 8.06. The second kappa shape index (κ2) is 8.80. The molecular formula is C20H22N2O3. The zero-order valence-corrected chi connectivity index (χ0v) is 14.2. The molecule has 3 N–H and O–H groups in total. The fourth-order valence-electron chi connectivity index (χ4n) is 2.55. The van der Waals surface area contributed by atoms with Gasteiger partial charge >= 0.3 is 0 Å². The predicted octanol–water partition coefficient (Wildman–Crippen LogP) is 2.97. The van der Waals surface area contributed by atoms with Crippen molar-refractivity contribution in [3.8, 4) is 0 Å². The summed E-state index contributed by atoms with van der Waals surface area (Å²) in [5.41, 5.74) is 3.11. The van der Waals surface area contributed by atoms with Crippen molar-refractivity contribution in [2.45, 2.75) is 19.4 Å². The van der Waals surface area contributed by atoms with Gasteiger partial charge in [0.05, 0.1) is 6.04 Å². The molecule has 0 aromatic heterocycles. The van der Waals surface area contributed by atoms with Crippen LogP contribution in [0.1, 0.15) is 33.9 Å². The van der Waals surface area contributed by atoms with Gasteiger partial charge in [-0.15, -0.1) is 0 Å². The van der Waals surface area contributed by atoms with Crippen molar-refractivity contribution in [1.82, 2.24) is 5.32 Å².